The van der Waals surface area contributed by atoms with Crippen LogP contribution in [0.15, 0.2) is 41.8 Å². The molecule has 5 N–H and O–H groups in total. The van der Waals surface area contributed by atoms with Crippen LogP contribution < -0.4 is 21.1 Å². The van der Waals surface area contributed by atoms with Crippen molar-refractivity contribution in [1.82, 2.24) is 15.5 Å². The molecule has 1 saturated heterocycles. The van der Waals surface area contributed by atoms with Gasteiger partial charge in [-0.15, -0.1) is 11.3 Å². The van der Waals surface area contributed by atoms with E-state index in [4.69, 9.17) is 15.9 Å². The van der Waals surface area contributed by atoms with E-state index in [0.717, 1.165) is 10.6 Å². The minimum Gasteiger partial charge on any atom is -0.494 e. The number of amides is 3. The molecule has 36 heavy (non-hydrogen) atoms. The van der Waals surface area contributed by atoms with Crippen molar-refractivity contribution >= 4 is 34.9 Å². The molecule has 1 aromatic carbocycles. The molecule has 1 aromatic heterocycles. The molecule has 3 amide bonds. The number of fused-ring (bicyclic) bond motifs is 1. The highest BCUT2D eigenvalue weighted by molar-refractivity contribution is 7.10. The van der Waals surface area contributed by atoms with Gasteiger partial charge in [0.15, 0.2) is 0 Å². The van der Waals surface area contributed by atoms with Gasteiger partial charge in [-0.05, 0) is 49.8 Å². The fourth-order valence-electron chi connectivity index (χ4n) is 4.88. The van der Waals surface area contributed by atoms with Gasteiger partial charge in [0.2, 0.25) is 17.7 Å². The van der Waals surface area contributed by atoms with Crippen LogP contribution in [0.5, 0.6) is 5.75 Å². The molecule has 1 aliphatic heterocycles. The number of nitrogens with one attached hydrogen (secondary N) is 3. The second kappa shape index (κ2) is 11.1. The summed E-state index contributed by atoms with van der Waals surface area (Å²) in [6.45, 7) is 4.25. The first kappa shape index (κ1) is 25.7. The average Bonchev–Trinajstić information content (AvgIpc) is 3.26. The van der Waals surface area contributed by atoms with E-state index in [9.17, 15) is 14.4 Å². The predicted molar refractivity (Wildman–Crippen MR) is 138 cm³/mol. The lowest BCUT2D eigenvalue weighted by molar-refractivity contribution is -0.140. The average molecular weight is 512 g/mol. The third kappa shape index (κ3) is 5.87. The number of carbonyl (C=O) groups excluding carboxylic acids is 3. The molecular weight excluding hydrogens is 478 g/mol. The van der Waals surface area contributed by atoms with Crippen LogP contribution in [0.2, 0.25) is 0 Å². The van der Waals surface area contributed by atoms with Gasteiger partial charge in [-0.25, -0.2) is 0 Å². The predicted octanol–water partition coefficient (Wildman–Crippen LogP) is 2.42. The molecule has 1 saturated carbocycles. The lowest BCUT2D eigenvalue weighted by Gasteiger charge is -2.29. The van der Waals surface area contributed by atoms with E-state index in [1.165, 1.54) is 11.3 Å². The van der Waals surface area contributed by atoms with E-state index in [2.05, 4.69) is 17.6 Å². The van der Waals surface area contributed by atoms with Crippen molar-refractivity contribution in [2.45, 2.75) is 51.2 Å². The maximum absolute atomic E-state index is 13.1. The minimum absolute atomic E-state index is 0.0107. The highest BCUT2D eigenvalue weighted by Gasteiger charge is 2.61. The van der Waals surface area contributed by atoms with Gasteiger partial charge in [-0.2, -0.15) is 0 Å². The Bertz CT molecular complexity index is 1120. The number of nitrogens with zero attached hydrogens (tertiary/aromatic N) is 1. The van der Waals surface area contributed by atoms with Crippen molar-refractivity contribution in [3.8, 4) is 5.75 Å². The number of thiophene rings is 1. The summed E-state index contributed by atoms with van der Waals surface area (Å²) in [6.07, 6.45) is 1.43. The summed E-state index contributed by atoms with van der Waals surface area (Å²) >= 11 is 1.43. The number of para-hydroxylation sites is 1. The number of amidine groups is 1. The molecule has 2 heterocycles. The number of nitrogen functional groups attached to an aromatic ring is 1. The SMILES string of the molecule is CC1C2CC(C(=O)N[C@H](C)c3cc(C(=N)N)cs3)N(C(=O)CNC(=O)CCCOc3ccccc3)C12. The molecule has 9 nitrogen and oxygen atoms in total. The first-order valence-corrected chi connectivity index (χ1v) is 13.1. The van der Waals surface area contributed by atoms with E-state index in [1.54, 1.807) is 16.3 Å². The highest BCUT2D eigenvalue weighted by atomic mass is 32.1. The fourth-order valence-corrected chi connectivity index (χ4v) is 5.80. The third-order valence-electron chi connectivity index (χ3n) is 6.97. The van der Waals surface area contributed by atoms with Crippen molar-refractivity contribution in [3.05, 3.63) is 52.2 Å². The number of hydrogen-bond acceptors (Lipinski definition) is 6. The van der Waals surface area contributed by atoms with E-state index in [1.807, 2.05) is 37.3 Å². The number of piperidine rings is 1. The molecule has 0 spiro atoms. The summed E-state index contributed by atoms with van der Waals surface area (Å²) in [5.74, 6) is 0.776. The lowest BCUT2D eigenvalue weighted by Crippen LogP contribution is -2.51. The van der Waals surface area contributed by atoms with Crippen molar-refractivity contribution in [2.24, 2.45) is 17.6 Å². The van der Waals surface area contributed by atoms with Gasteiger partial charge in [0.05, 0.1) is 19.2 Å². The summed E-state index contributed by atoms with van der Waals surface area (Å²) in [5, 5.41) is 15.1. The Morgan fingerprint density at radius 2 is 2.03 bits per heavy atom. The second-order valence-electron chi connectivity index (χ2n) is 9.49. The van der Waals surface area contributed by atoms with E-state index in [0.29, 0.717) is 36.8 Å². The van der Waals surface area contributed by atoms with Gasteiger partial charge in [0.25, 0.3) is 0 Å². The Kier molecular flexibility index (Phi) is 7.93. The zero-order valence-corrected chi connectivity index (χ0v) is 21.3. The Balaban J connectivity index is 1.25. The maximum Gasteiger partial charge on any atom is 0.243 e. The summed E-state index contributed by atoms with van der Waals surface area (Å²) in [7, 11) is 0. The molecule has 0 bridgehead atoms. The van der Waals surface area contributed by atoms with Crippen LogP contribution in [-0.4, -0.2) is 53.7 Å². The van der Waals surface area contributed by atoms with Crippen LogP contribution >= 0.6 is 11.3 Å². The molecule has 0 radical (unpaired) electrons. The number of carbonyl (C=O) groups is 3. The van der Waals surface area contributed by atoms with Crippen molar-refractivity contribution in [3.63, 3.8) is 0 Å². The largest absolute Gasteiger partial charge is 0.494 e. The molecule has 192 valence electrons. The summed E-state index contributed by atoms with van der Waals surface area (Å²) in [6, 6.07) is 10.4. The third-order valence-corrected chi connectivity index (χ3v) is 8.08. The zero-order chi connectivity index (χ0) is 25.8. The van der Waals surface area contributed by atoms with Crippen LogP contribution in [0.1, 0.15) is 49.6 Å². The highest BCUT2D eigenvalue weighted by Crippen LogP contribution is 2.53. The normalized spacial score (nSPS) is 22.9. The topological polar surface area (TPSA) is 138 Å². The van der Waals surface area contributed by atoms with Gasteiger partial charge in [-0.1, -0.05) is 25.1 Å². The molecule has 4 rings (SSSR count). The molecular formula is C26H33N5O4S. The number of ether oxygens (including phenoxy) is 1. The molecule has 4 unspecified atom stereocenters. The van der Waals surface area contributed by atoms with Gasteiger partial charge in [-0.3, -0.25) is 19.8 Å². The van der Waals surface area contributed by atoms with Crippen molar-refractivity contribution < 1.29 is 19.1 Å². The second-order valence-corrected chi connectivity index (χ2v) is 10.4. The summed E-state index contributed by atoms with van der Waals surface area (Å²) in [5.41, 5.74) is 6.17. The van der Waals surface area contributed by atoms with Gasteiger partial charge < -0.3 is 26.0 Å². The Morgan fingerprint density at radius 3 is 2.72 bits per heavy atom. The number of hydrogen-bond donors (Lipinski definition) is 4. The fraction of sp³-hybridized carbons (Fsp3) is 0.462. The van der Waals surface area contributed by atoms with E-state index >= 15 is 0 Å². The van der Waals surface area contributed by atoms with Crippen molar-refractivity contribution in [1.29, 1.82) is 5.41 Å². The Labute approximate surface area is 214 Å². The van der Waals surface area contributed by atoms with Crippen molar-refractivity contribution in [2.75, 3.05) is 13.2 Å². The molecule has 5 atom stereocenters. The number of benzene rings is 1. The van der Waals surface area contributed by atoms with Crippen LogP contribution in [0, 0.1) is 17.2 Å². The quantitative estimate of drug-likeness (QED) is 0.209. The van der Waals surface area contributed by atoms with Crippen LogP contribution in [0.25, 0.3) is 0 Å². The zero-order valence-electron chi connectivity index (χ0n) is 20.5. The number of likely N-dealkylation sites (tertiary alicyclic amines) is 1. The first-order chi connectivity index (χ1) is 17.3. The first-order valence-electron chi connectivity index (χ1n) is 12.2. The lowest BCUT2D eigenvalue weighted by atomic mass is 10.1. The molecule has 10 heteroatoms. The van der Waals surface area contributed by atoms with E-state index in [-0.39, 0.29) is 48.6 Å². The maximum atomic E-state index is 13.1. The summed E-state index contributed by atoms with van der Waals surface area (Å²) < 4.78 is 5.60. The van der Waals surface area contributed by atoms with Gasteiger partial charge >= 0.3 is 0 Å². The van der Waals surface area contributed by atoms with E-state index < -0.39 is 6.04 Å². The smallest absolute Gasteiger partial charge is 0.243 e. The Morgan fingerprint density at radius 1 is 1.28 bits per heavy atom. The van der Waals surface area contributed by atoms with Crippen LogP contribution in [0.3, 0.4) is 0 Å². The number of rotatable bonds is 11. The standard InChI is InChI=1S/C26H33N5O4S/c1-15-19-12-20(26(34)30-16(2)21-11-17(14-36-21)25(27)28)31(24(15)19)23(33)13-29-22(32)9-6-10-35-18-7-4-3-5-8-18/h3-5,7-8,11,14-16,19-20,24H,6,9-10,12-13H2,1-2H3,(H3,27,28)(H,29,32)(H,30,34)/t15?,16-,19?,20?,24?/m1/s1. The molecule has 2 fully saturated rings. The van der Waals surface area contributed by atoms with Crippen LogP contribution in [-0.2, 0) is 14.4 Å². The van der Waals surface area contributed by atoms with Crippen LogP contribution in [0.4, 0.5) is 0 Å². The minimum atomic E-state index is -0.547. The van der Waals surface area contributed by atoms with Gasteiger partial charge in [0, 0.05) is 28.3 Å². The van der Waals surface area contributed by atoms with Gasteiger partial charge in [0.1, 0.15) is 17.6 Å². The number of nitrogens with two attached hydrogens (primary N) is 1. The Hall–Kier alpha value is -3.40. The monoisotopic (exact) mass is 511 g/mol. The molecule has 2 aromatic rings. The molecule has 1 aliphatic carbocycles. The molecule has 2 aliphatic rings. The summed E-state index contributed by atoms with van der Waals surface area (Å²) in [4.78, 5) is 41.0.